The van der Waals surface area contributed by atoms with Crippen LogP contribution >= 0.6 is 0 Å². The molecule has 0 saturated carbocycles. The summed E-state index contributed by atoms with van der Waals surface area (Å²) in [6.45, 7) is 5.08. The minimum atomic E-state index is -0.343. The normalized spacial score (nSPS) is 11.9. The van der Waals surface area contributed by atoms with Gasteiger partial charge in [0.25, 0.3) is 0 Å². The van der Waals surface area contributed by atoms with E-state index < -0.39 is 0 Å². The lowest BCUT2D eigenvalue weighted by Crippen LogP contribution is -2.42. The van der Waals surface area contributed by atoms with Crippen LogP contribution in [0, 0.1) is 0 Å². The van der Waals surface area contributed by atoms with Gasteiger partial charge in [-0.15, -0.1) is 0 Å². The first-order chi connectivity index (χ1) is 8.22. The minimum Gasteiger partial charge on any atom is -0.394 e. The third-order valence-corrected chi connectivity index (χ3v) is 2.73. The molecule has 0 bridgehead atoms. The number of hydrogen-bond donors (Lipinski definition) is 2. The molecule has 0 unspecified atom stereocenters. The molecule has 4 heteroatoms. The highest BCUT2D eigenvalue weighted by atomic mass is 16.3. The number of hydrogen-bond acceptors (Lipinski definition) is 2. The van der Waals surface area contributed by atoms with E-state index in [1.807, 2.05) is 44.2 Å². The van der Waals surface area contributed by atoms with Gasteiger partial charge in [-0.1, -0.05) is 30.3 Å². The van der Waals surface area contributed by atoms with Crippen LogP contribution in [0.15, 0.2) is 30.3 Å². The maximum Gasteiger partial charge on any atom is 0.317 e. The monoisotopic (exact) mass is 236 g/mol. The maximum atomic E-state index is 11.9. The van der Waals surface area contributed by atoms with Gasteiger partial charge in [-0.2, -0.15) is 0 Å². The molecule has 2 amide bonds. The largest absolute Gasteiger partial charge is 0.394 e. The molecule has 94 valence electrons. The summed E-state index contributed by atoms with van der Waals surface area (Å²) in [6.07, 6.45) is 0. The summed E-state index contributed by atoms with van der Waals surface area (Å²) in [6, 6.07) is 8.99. The van der Waals surface area contributed by atoms with Crippen molar-refractivity contribution in [2.24, 2.45) is 0 Å². The Labute approximate surface area is 102 Å². The average molecular weight is 236 g/mol. The molecule has 0 fully saturated rings. The number of aliphatic hydroxyl groups is 1. The lowest BCUT2D eigenvalue weighted by molar-refractivity contribution is 0.186. The van der Waals surface area contributed by atoms with E-state index in [-0.39, 0.29) is 18.7 Å². The third-order valence-electron chi connectivity index (χ3n) is 2.73. The van der Waals surface area contributed by atoms with Crippen LogP contribution in [0.4, 0.5) is 4.79 Å². The zero-order chi connectivity index (χ0) is 12.7. The fourth-order valence-corrected chi connectivity index (χ4v) is 1.67. The number of urea groups is 1. The lowest BCUT2D eigenvalue weighted by atomic mass is 10.1. The van der Waals surface area contributed by atoms with Gasteiger partial charge in [0.1, 0.15) is 0 Å². The number of nitrogens with one attached hydrogen (secondary N) is 1. The molecule has 4 nitrogen and oxygen atoms in total. The lowest BCUT2D eigenvalue weighted by Gasteiger charge is -2.23. The van der Waals surface area contributed by atoms with Crippen molar-refractivity contribution in [1.82, 2.24) is 10.2 Å². The molecule has 0 aromatic heterocycles. The van der Waals surface area contributed by atoms with Gasteiger partial charge in [0.05, 0.1) is 12.6 Å². The molecule has 0 spiro atoms. The topological polar surface area (TPSA) is 52.6 Å². The highest BCUT2D eigenvalue weighted by molar-refractivity contribution is 5.74. The summed E-state index contributed by atoms with van der Waals surface area (Å²) in [4.78, 5) is 13.5. The molecule has 0 heterocycles. The van der Waals surface area contributed by atoms with E-state index in [9.17, 15) is 9.90 Å². The van der Waals surface area contributed by atoms with Crippen LogP contribution in [-0.2, 0) is 0 Å². The maximum absolute atomic E-state index is 11.9. The van der Waals surface area contributed by atoms with Crippen molar-refractivity contribution < 1.29 is 9.90 Å². The SMILES string of the molecule is CCN(CC)C(=O)N[C@H](CO)c1ccccc1. The fraction of sp³-hybridized carbons (Fsp3) is 0.462. The van der Waals surface area contributed by atoms with Gasteiger partial charge in [0.15, 0.2) is 0 Å². The van der Waals surface area contributed by atoms with Crippen LogP contribution in [0.1, 0.15) is 25.5 Å². The van der Waals surface area contributed by atoms with Gasteiger partial charge in [0.2, 0.25) is 0 Å². The van der Waals surface area contributed by atoms with Crippen LogP contribution in [0.5, 0.6) is 0 Å². The number of aliphatic hydroxyl groups excluding tert-OH is 1. The molecule has 1 atom stereocenters. The average Bonchev–Trinajstić information content (AvgIpc) is 2.38. The van der Waals surface area contributed by atoms with Crippen molar-refractivity contribution in [3.63, 3.8) is 0 Å². The zero-order valence-corrected chi connectivity index (χ0v) is 10.4. The molecule has 1 rings (SSSR count). The number of carbonyl (C=O) groups excluding carboxylic acids is 1. The fourth-order valence-electron chi connectivity index (χ4n) is 1.67. The molecule has 0 radical (unpaired) electrons. The van der Waals surface area contributed by atoms with E-state index in [2.05, 4.69) is 5.32 Å². The Bertz CT molecular complexity index is 337. The first-order valence-corrected chi connectivity index (χ1v) is 5.94. The van der Waals surface area contributed by atoms with Crippen molar-refractivity contribution in [3.8, 4) is 0 Å². The second-order valence-electron chi connectivity index (χ2n) is 3.77. The number of nitrogens with zero attached hydrogens (tertiary/aromatic N) is 1. The Kier molecular flexibility index (Phi) is 5.49. The quantitative estimate of drug-likeness (QED) is 0.818. The predicted octanol–water partition coefficient (Wildman–Crippen LogP) is 1.77. The molecule has 1 aromatic rings. The van der Waals surface area contributed by atoms with Crippen molar-refractivity contribution in [1.29, 1.82) is 0 Å². The van der Waals surface area contributed by atoms with Crippen LogP contribution < -0.4 is 5.32 Å². The molecule has 0 aliphatic heterocycles. The van der Waals surface area contributed by atoms with Crippen LogP contribution in [0.2, 0.25) is 0 Å². The van der Waals surface area contributed by atoms with E-state index in [0.717, 1.165) is 5.56 Å². The van der Waals surface area contributed by atoms with E-state index in [4.69, 9.17) is 0 Å². The predicted molar refractivity (Wildman–Crippen MR) is 67.7 cm³/mol. The molecular formula is C13H20N2O2. The third kappa shape index (κ3) is 3.75. The van der Waals surface area contributed by atoms with Crippen LogP contribution in [-0.4, -0.2) is 35.7 Å². The molecule has 0 aliphatic rings. The molecular weight excluding hydrogens is 216 g/mol. The second-order valence-corrected chi connectivity index (χ2v) is 3.77. The summed E-state index contributed by atoms with van der Waals surface area (Å²) < 4.78 is 0. The second kappa shape index (κ2) is 6.91. The zero-order valence-electron chi connectivity index (χ0n) is 10.4. The van der Waals surface area contributed by atoms with Gasteiger partial charge < -0.3 is 15.3 Å². The summed E-state index contributed by atoms with van der Waals surface area (Å²) >= 11 is 0. The Morgan fingerprint density at radius 2 is 1.88 bits per heavy atom. The number of benzene rings is 1. The highest BCUT2D eigenvalue weighted by Gasteiger charge is 2.16. The Morgan fingerprint density at radius 3 is 2.35 bits per heavy atom. The van der Waals surface area contributed by atoms with Crippen LogP contribution in [0.25, 0.3) is 0 Å². The van der Waals surface area contributed by atoms with Gasteiger partial charge in [0, 0.05) is 13.1 Å². The number of rotatable bonds is 5. The van der Waals surface area contributed by atoms with Crippen LogP contribution in [0.3, 0.4) is 0 Å². The van der Waals surface area contributed by atoms with Crippen molar-refractivity contribution in [2.75, 3.05) is 19.7 Å². The minimum absolute atomic E-state index is 0.100. The summed E-state index contributed by atoms with van der Waals surface area (Å²) in [7, 11) is 0. The van der Waals surface area contributed by atoms with Crippen molar-refractivity contribution in [3.05, 3.63) is 35.9 Å². The van der Waals surface area contributed by atoms with Gasteiger partial charge in [-0.25, -0.2) is 4.79 Å². The standard InChI is InChI=1S/C13H20N2O2/c1-3-15(4-2)13(17)14-12(10-16)11-8-6-5-7-9-11/h5-9,12,16H,3-4,10H2,1-2H3,(H,14,17)/t12-/m1/s1. The van der Waals surface area contributed by atoms with E-state index >= 15 is 0 Å². The first kappa shape index (κ1) is 13.5. The molecule has 1 aromatic carbocycles. The summed E-state index contributed by atoms with van der Waals surface area (Å²) in [5.74, 6) is 0. The smallest absolute Gasteiger partial charge is 0.317 e. The van der Waals surface area contributed by atoms with E-state index in [1.165, 1.54) is 0 Å². The van der Waals surface area contributed by atoms with Gasteiger partial charge in [-0.05, 0) is 19.4 Å². The number of amides is 2. The first-order valence-electron chi connectivity index (χ1n) is 5.94. The van der Waals surface area contributed by atoms with Crippen molar-refractivity contribution in [2.45, 2.75) is 19.9 Å². The van der Waals surface area contributed by atoms with E-state index in [1.54, 1.807) is 4.90 Å². The molecule has 0 aliphatic carbocycles. The molecule has 0 saturated heterocycles. The molecule has 17 heavy (non-hydrogen) atoms. The van der Waals surface area contributed by atoms with Gasteiger partial charge in [-0.3, -0.25) is 0 Å². The summed E-state index contributed by atoms with van der Waals surface area (Å²) in [5.41, 5.74) is 0.913. The highest BCUT2D eigenvalue weighted by Crippen LogP contribution is 2.11. The number of carbonyl (C=O) groups is 1. The Hall–Kier alpha value is -1.55. The molecule has 2 N–H and O–H groups in total. The Balaban J connectivity index is 2.68. The van der Waals surface area contributed by atoms with Crippen molar-refractivity contribution >= 4 is 6.03 Å². The van der Waals surface area contributed by atoms with Gasteiger partial charge >= 0.3 is 6.03 Å². The Morgan fingerprint density at radius 1 is 1.29 bits per heavy atom. The summed E-state index contributed by atoms with van der Waals surface area (Å²) in [5, 5.41) is 12.1. The van der Waals surface area contributed by atoms with E-state index in [0.29, 0.717) is 13.1 Å².